The molecule has 21 heavy (non-hydrogen) atoms. The van der Waals surface area contributed by atoms with Crippen LogP contribution in [0.25, 0.3) is 0 Å². The molecule has 1 aromatic carbocycles. The zero-order valence-corrected chi connectivity index (χ0v) is 13.3. The van der Waals surface area contributed by atoms with Crippen molar-refractivity contribution in [1.29, 1.82) is 0 Å². The van der Waals surface area contributed by atoms with Crippen LogP contribution in [-0.2, 0) is 11.3 Å². The van der Waals surface area contributed by atoms with Gasteiger partial charge in [0, 0.05) is 11.4 Å². The minimum atomic E-state index is -0.430. The number of rotatable bonds is 5. The largest absolute Gasteiger partial charge is 0.323 e. The van der Waals surface area contributed by atoms with Gasteiger partial charge in [-0.3, -0.25) is 9.69 Å². The van der Waals surface area contributed by atoms with E-state index in [-0.39, 0.29) is 17.0 Å². The van der Waals surface area contributed by atoms with Gasteiger partial charge < -0.3 is 5.32 Å². The predicted molar refractivity (Wildman–Crippen MR) is 85.3 cm³/mol. The lowest BCUT2D eigenvalue weighted by Crippen LogP contribution is -2.39. The highest BCUT2D eigenvalue weighted by atomic mass is 35.5. The van der Waals surface area contributed by atoms with Crippen molar-refractivity contribution in [2.45, 2.75) is 19.5 Å². The second kappa shape index (κ2) is 7.02. The number of hydrogen-bond acceptors (Lipinski definition) is 3. The van der Waals surface area contributed by atoms with Crippen LogP contribution in [0.15, 0.2) is 35.7 Å². The molecule has 0 bridgehead atoms. The summed E-state index contributed by atoms with van der Waals surface area (Å²) in [6.07, 6.45) is 0. The topological polar surface area (TPSA) is 32.3 Å². The van der Waals surface area contributed by atoms with Crippen molar-refractivity contribution < 1.29 is 9.18 Å². The Morgan fingerprint density at radius 3 is 2.86 bits per heavy atom. The molecule has 0 unspecified atom stereocenters. The van der Waals surface area contributed by atoms with Gasteiger partial charge in [0.05, 0.1) is 16.8 Å². The number of amides is 1. The maximum absolute atomic E-state index is 13.0. The lowest BCUT2D eigenvalue weighted by atomic mass is 10.2. The quantitative estimate of drug-likeness (QED) is 0.900. The Bertz CT molecular complexity index is 618. The summed E-state index contributed by atoms with van der Waals surface area (Å²) in [5, 5.41) is 4.92. The average molecular weight is 327 g/mol. The van der Waals surface area contributed by atoms with Gasteiger partial charge in [-0.2, -0.15) is 0 Å². The second-order valence-electron chi connectivity index (χ2n) is 4.78. The third-order valence-corrected chi connectivity index (χ3v) is 4.39. The molecule has 2 aromatic rings. The molecule has 0 fully saturated rings. The lowest BCUT2D eigenvalue weighted by molar-refractivity contribution is -0.120. The van der Waals surface area contributed by atoms with E-state index in [9.17, 15) is 9.18 Å². The van der Waals surface area contributed by atoms with Crippen LogP contribution in [0, 0.1) is 5.82 Å². The molecular weight excluding hydrogens is 311 g/mol. The van der Waals surface area contributed by atoms with Crippen LogP contribution < -0.4 is 5.32 Å². The van der Waals surface area contributed by atoms with E-state index in [0.717, 1.165) is 0 Å². The standard InChI is InChI=1S/C15H16ClFN2OS/c1-10(19(2)9-12-4-3-7-21-12)15(20)18-14-6-5-11(17)8-13(14)16/h3-8,10H,9H2,1-2H3,(H,18,20)/t10-/m0/s1. The summed E-state index contributed by atoms with van der Waals surface area (Å²) in [6, 6.07) is 7.59. The first-order valence-electron chi connectivity index (χ1n) is 6.46. The summed E-state index contributed by atoms with van der Waals surface area (Å²) >= 11 is 7.56. The molecule has 112 valence electrons. The van der Waals surface area contributed by atoms with Crippen LogP contribution in [0.3, 0.4) is 0 Å². The number of nitrogens with one attached hydrogen (secondary N) is 1. The summed E-state index contributed by atoms with van der Waals surface area (Å²) in [6.45, 7) is 2.52. The van der Waals surface area contributed by atoms with Gasteiger partial charge in [-0.05, 0) is 43.6 Å². The molecule has 0 radical (unpaired) electrons. The number of carbonyl (C=O) groups is 1. The molecular formula is C15H16ClFN2OS. The number of carbonyl (C=O) groups excluding carboxylic acids is 1. The molecule has 0 spiro atoms. The highest BCUT2D eigenvalue weighted by Crippen LogP contribution is 2.23. The molecule has 1 heterocycles. The first kappa shape index (κ1) is 15.9. The molecule has 2 rings (SSSR count). The third-order valence-electron chi connectivity index (χ3n) is 3.21. The monoisotopic (exact) mass is 326 g/mol. The predicted octanol–water partition coefficient (Wildman–Crippen LogP) is 4.00. The SMILES string of the molecule is C[C@@H](C(=O)Nc1ccc(F)cc1Cl)N(C)Cc1cccs1. The summed E-state index contributed by atoms with van der Waals surface area (Å²) in [5.74, 6) is -0.608. The summed E-state index contributed by atoms with van der Waals surface area (Å²) in [4.78, 5) is 15.4. The van der Waals surface area contributed by atoms with E-state index >= 15 is 0 Å². The van der Waals surface area contributed by atoms with Gasteiger partial charge in [0.25, 0.3) is 0 Å². The van der Waals surface area contributed by atoms with Crippen LogP contribution in [0.5, 0.6) is 0 Å². The maximum Gasteiger partial charge on any atom is 0.241 e. The van der Waals surface area contributed by atoms with E-state index in [1.807, 2.05) is 36.4 Å². The highest BCUT2D eigenvalue weighted by Gasteiger charge is 2.19. The smallest absolute Gasteiger partial charge is 0.241 e. The van der Waals surface area contributed by atoms with Gasteiger partial charge in [0.2, 0.25) is 5.91 Å². The van der Waals surface area contributed by atoms with Crippen LogP contribution in [-0.4, -0.2) is 23.9 Å². The average Bonchev–Trinajstić information content (AvgIpc) is 2.93. The van der Waals surface area contributed by atoms with E-state index in [2.05, 4.69) is 5.32 Å². The van der Waals surface area contributed by atoms with E-state index in [1.165, 1.54) is 23.1 Å². The Balaban J connectivity index is 1.98. The molecule has 1 N–H and O–H groups in total. The minimum absolute atomic E-state index is 0.178. The number of likely N-dealkylation sites (N-methyl/N-ethyl adjacent to an activating group) is 1. The second-order valence-corrected chi connectivity index (χ2v) is 6.22. The van der Waals surface area contributed by atoms with E-state index in [1.54, 1.807) is 11.3 Å². The van der Waals surface area contributed by atoms with Crippen molar-refractivity contribution in [1.82, 2.24) is 4.90 Å². The summed E-state index contributed by atoms with van der Waals surface area (Å²) in [7, 11) is 1.89. The van der Waals surface area contributed by atoms with Crippen molar-refractivity contribution >= 4 is 34.5 Å². The number of hydrogen-bond donors (Lipinski definition) is 1. The Morgan fingerprint density at radius 2 is 2.24 bits per heavy atom. The fourth-order valence-electron chi connectivity index (χ4n) is 1.81. The highest BCUT2D eigenvalue weighted by molar-refractivity contribution is 7.09. The van der Waals surface area contributed by atoms with E-state index < -0.39 is 5.82 Å². The van der Waals surface area contributed by atoms with Gasteiger partial charge in [-0.15, -0.1) is 11.3 Å². The maximum atomic E-state index is 13.0. The third kappa shape index (κ3) is 4.27. The molecule has 0 aliphatic rings. The number of anilines is 1. The van der Waals surface area contributed by atoms with E-state index in [4.69, 9.17) is 11.6 Å². The van der Waals surface area contributed by atoms with Gasteiger partial charge in [-0.1, -0.05) is 17.7 Å². The summed E-state index contributed by atoms with van der Waals surface area (Å²) < 4.78 is 13.0. The molecule has 1 atom stereocenters. The Kier molecular flexibility index (Phi) is 5.33. The lowest BCUT2D eigenvalue weighted by Gasteiger charge is -2.23. The number of thiophene rings is 1. The van der Waals surface area contributed by atoms with Gasteiger partial charge >= 0.3 is 0 Å². The fourth-order valence-corrected chi connectivity index (χ4v) is 2.80. The van der Waals surface area contributed by atoms with Gasteiger partial charge in [0.15, 0.2) is 0 Å². The van der Waals surface area contributed by atoms with Crippen LogP contribution in [0.4, 0.5) is 10.1 Å². The Labute approximate surface area is 132 Å². The molecule has 3 nitrogen and oxygen atoms in total. The van der Waals surface area contributed by atoms with Crippen LogP contribution in [0.1, 0.15) is 11.8 Å². The molecule has 0 saturated heterocycles. The Hall–Kier alpha value is -1.43. The van der Waals surface area contributed by atoms with Crippen molar-refractivity contribution in [3.8, 4) is 0 Å². The van der Waals surface area contributed by atoms with E-state index in [0.29, 0.717) is 12.2 Å². The fraction of sp³-hybridized carbons (Fsp3) is 0.267. The van der Waals surface area contributed by atoms with Crippen molar-refractivity contribution in [3.63, 3.8) is 0 Å². The number of nitrogens with zero attached hydrogens (tertiary/aromatic N) is 1. The normalized spacial score (nSPS) is 12.4. The molecule has 1 amide bonds. The zero-order chi connectivity index (χ0) is 15.4. The van der Waals surface area contributed by atoms with Gasteiger partial charge in [0.1, 0.15) is 5.82 Å². The molecule has 6 heteroatoms. The van der Waals surface area contributed by atoms with Crippen molar-refractivity contribution in [2.75, 3.05) is 12.4 Å². The van der Waals surface area contributed by atoms with Crippen LogP contribution >= 0.6 is 22.9 Å². The molecule has 0 saturated carbocycles. The van der Waals surface area contributed by atoms with Gasteiger partial charge in [-0.25, -0.2) is 4.39 Å². The zero-order valence-electron chi connectivity index (χ0n) is 11.8. The molecule has 0 aliphatic heterocycles. The van der Waals surface area contributed by atoms with Crippen LogP contribution in [0.2, 0.25) is 5.02 Å². The molecule has 1 aromatic heterocycles. The molecule has 0 aliphatic carbocycles. The number of halogens is 2. The van der Waals surface area contributed by atoms with Crippen molar-refractivity contribution in [2.24, 2.45) is 0 Å². The summed E-state index contributed by atoms with van der Waals surface area (Å²) in [5.41, 5.74) is 0.416. The number of benzene rings is 1. The van der Waals surface area contributed by atoms with Crippen molar-refractivity contribution in [3.05, 3.63) is 51.4 Å². The minimum Gasteiger partial charge on any atom is -0.323 e. The Morgan fingerprint density at radius 1 is 1.48 bits per heavy atom. The first-order valence-corrected chi connectivity index (χ1v) is 7.71. The first-order chi connectivity index (χ1) is 9.97.